The summed E-state index contributed by atoms with van der Waals surface area (Å²) in [7, 11) is 0. The second kappa shape index (κ2) is 9.93. The van der Waals surface area contributed by atoms with Crippen LogP contribution in [0.25, 0.3) is 0 Å². The highest BCUT2D eigenvalue weighted by Gasteiger charge is 2.24. The van der Waals surface area contributed by atoms with E-state index in [1.165, 1.54) is 0 Å². The maximum atomic E-state index is 12.4. The van der Waals surface area contributed by atoms with Gasteiger partial charge in [-0.15, -0.1) is 0 Å². The Morgan fingerprint density at radius 2 is 1.48 bits per heavy atom. The minimum atomic E-state index is -0.592. The summed E-state index contributed by atoms with van der Waals surface area (Å²) in [6, 6.07) is -0.592. The van der Waals surface area contributed by atoms with E-state index in [-0.39, 0.29) is 40.9 Å². The summed E-state index contributed by atoms with van der Waals surface area (Å²) in [6.45, 7) is 16.2. The smallest absolute Gasteiger partial charge is 0.242 e. The van der Waals surface area contributed by atoms with Crippen molar-refractivity contribution in [1.29, 1.82) is 0 Å². The maximum absolute atomic E-state index is 12.4. The van der Waals surface area contributed by atoms with Crippen LogP contribution in [0.1, 0.15) is 81.1 Å². The summed E-state index contributed by atoms with van der Waals surface area (Å²) in [5, 5.41) is 5.51. The molecule has 0 heterocycles. The van der Waals surface area contributed by atoms with Gasteiger partial charge in [-0.3, -0.25) is 14.4 Å². The predicted molar refractivity (Wildman–Crippen MR) is 102 cm³/mol. The van der Waals surface area contributed by atoms with Crippen molar-refractivity contribution in [1.82, 2.24) is 10.6 Å². The lowest BCUT2D eigenvalue weighted by molar-refractivity contribution is -0.131. The van der Waals surface area contributed by atoms with Gasteiger partial charge >= 0.3 is 0 Å². The molecule has 0 spiro atoms. The number of carbonyl (C=O) groups is 3. The molecule has 25 heavy (non-hydrogen) atoms. The van der Waals surface area contributed by atoms with E-state index in [0.29, 0.717) is 19.3 Å². The molecule has 0 aromatic rings. The zero-order chi connectivity index (χ0) is 19.8. The molecule has 0 rings (SSSR count). The number of carbonyl (C=O) groups excluding carboxylic acids is 3. The summed E-state index contributed by atoms with van der Waals surface area (Å²) in [5.41, 5.74) is -0.0351. The fourth-order valence-corrected chi connectivity index (χ4v) is 2.34. The molecule has 0 saturated carbocycles. The zero-order valence-electron chi connectivity index (χ0n) is 17.4. The Morgan fingerprint density at radius 3 is 1.92 bits per heavy atom. The van der Waals surface area contributed by atoms with E-state index >= 15 is 0 Å². The molecule has 0 aliphatic rings. The number of ketones is 1. The maximum Gasteiger partial charge on any atom is 0.242 e. The summed E-state index contributed by atoms with van der Waals surface area (Å²) in [4.78, 5) is 36.5. The zero-order valence-corrected chi connectivity index (χ0v) is 17.4. The summed E-state index contributed by atoms with van der Waals surface area (Å²) in [6.07, 6.45) is 2.16. The summed E-state index contributed by atoms with van der Waals surface area (Å²) in [5.74, 6) is -0.123. The molecule has 0 radical (unpaired) electrons. The molecule has 0 aromatic heterocycles. The molecule has 5 nitrogen and oxygen atoms in total. The first-order valence-electron chi connectivity index (χ1n) is 9.28. The summed E-state index contributed by atoms with van der Waals surface area (Å²) < 4.78 is 0. The van der Waals surface area contributed by atoms with Crippen molar-refractivity contribution in [3.63, 3.8) is 0 Å². The van der Waals surface area contributed by atoms with Crippen molar-refractivity contribution >= 4 is 17.6 Å². The van der Waals surface area contributed by atoms with E-state index in [1.54, 1.807) is 0 Å². The first kappa shape index (κ1) is 23.6. The van der Waals surface area contributed by atoms with Crippen molar-refractivity contribution < 1.29 is 14.4 Å². The first-order chi connectivity index (χ1) is 11.2. The molecule has 0 bridgehead atoms. The summed E-state index contributed by atoms with van der Waals surface area (Å²) >= 11 is 0. The van der Waals surface area contributed by atoms with Crippen LogP contribution in [0.3, 0.4) is 0 Å². The van der Waals surface area contributed by atoms with Crippen LogP contribution in [-0.4, -0.2) is 30.2 Å². The monoisotopic (exact) mass is 354 g/mol. The van der Waals surface area contributed by atoms with Crippen molar-refractivity contribution in [3.8, 4) is 0 Å². The van der Waals surface area contributed by atoms with E-state index in [1.807, 2.05) is 34.6 Å². The molecule has 2 amide bonds. The van der Waals surface area contributed by atoms with Crippen LogP contribution in [-0.2, 0) is 14.4 Å². The molecule has 0 fully saturated rings. The molecule has 146 valence electrons. The van der Waals surface area contributed by atoms with Gasteiger partial charge in [0.25, 0.3) is 0 Å². The Hall–Kier alpha value is -1.39. The molecular formula is C20H38N2O3. The third-order valence-electron chi connectivity index (χ3n) is 3.66. The topological polar surface area (TPSA) is 75.3 Å². The highest BCUT2D eigenvalue weighted by atomic mass is 16.2. The molecule has 2 N–H and O–H groups in total. The highest BCUT2D eigenvalue weighted by molar-refractivity contribution is 5.91. The number of hydrogen-bond donors (Lipinski definition) is 2. The minimum absolute atomic E-state index is 0.0209. The fraction of sp³-hybridized carbons (Fsp3) is 0.850. The molecule has 0 aromatic carbocycles. The average Bonchev–Trinajstić information content (AvgIpc) is 2.38. The van der Waals surface area contributed by atoms with Crippen LogP contribution in [0.2, 0.25) is 0 Å². The molecule has 0 aliphatic heterocycles. The highest BCUT2D eigenvalue weighted by Crippen LogP contribution is 2.20. The van der Waals surface area contributed by atoms with Gasteiger partial charge < -0.3 is 10.6 Å². The number of hydrogen-bond acceptors (Lipinski definition) is 3. The molecule has 0 unspecified atom stereocenters. The number of nitrogens with one attached hydrogen (secondary N) is 2. The first-order valence-corrected chi connectivity index (χ1v) is 9.28. The predicted octanol–water partition coefficient (Wildman–Crippen LogP) is 3.47. The van der Waals surface area contributed by atoms with Crippen LogP contribution >= 0.6 is 0 Å². The van der Waals surface area contributed by atoms with Gasteiger partial charge in [-0.05, 0) is 29.6 Å². The normalized spacial score (nSPS) is 13.5. The lowest BCUT2D eigenvalue weighted by Crippen LogP contribution is -2.49. The van der Waals surface area contributed by atoms with Crippen LogP contribution < -0.4 is 10.6 Å². The largest absolute Gasteiger partial charge is 0.347 e. The van der Waals surface area contributed by atoms with E-state index in [4.69, 9.17) is 0 Å². The second-order valence-corrected chi connectivity index (χ2v) is 9.80. The van der Waals surface area contributed by atoms with Gasteiger partial charge in [0.15, 0.2) is 5.78 Å². The molecule has 5 heteroatoms. The van der Waals surface area contributed by atoms with Crippen molar-refractivity contribution in [2.24, 2.45) is 16.7 Å². The Morgan fingerprint density at radius 1 is 0.920 bits per heavy atom. The Labute approximate surface area is 153 Å². The average molecular weight is 355 g/mol. The van der Waals surface area contributed by atoms with Crippen LogP contribution in [0, 0.1) is 16.7 Å². The minimum Gasteiger partial charge on any atom is -0.347 e. The van der Waals surface area contributed by atoms with Gasteiger partial charge in [-0.1, -0.05) is 55.4 Å². The molecule has 0 aliphatic carbocycles. The van der Waals surface area contributed by atoms with Gasteiger partial charge in [0.05, 0.1) is 6.54 Å². The van der Waals surface area contributed by atoms with Gasteiger partial charge in [0.1, 0.15) is 6.04 Å². The van der Waals surface area contributed by atoms with Gasteiger partial charge in [0, 0.05) is 12.8 Å². The van der Waals surface area contributed by atoms with Crippen LogP contribution in [0.5, 0.6) is 0 Å². The van der Waals surface area contributed by atoms with Crippen LogP contribution in [0.15, 0.2) is 0 Å². The standard InChI is InChI=1S/C20H38N2O3/c1-14(2)11-16(22-17(24)12-20(6,7)8)18(25)21-13-15(23)9-10-19(3,4)5/h14,16H,9-13H2,1-8H3,(H,21,25)(H,22,24)/t16-/m0/s1. The lowest BCUT2D eigenvalue weighted by atomic mass is 9.89. The third kappa shape index (κ3) is 13.6. The van der Waals surface area contributed by atoms with E-state index in [0.717, 1.165) is 6.42 Å². The van der Waals surface area contributed by atoms with Crippen molar-refractivity contribution in [2.75, 3.05) is 6.54 Å². The number of rotatable bonds is 9. The van der Waals surface area contributed by atoms with E-state index < -0.39 is 6.04 Å². The molecular weight excluding hydrogens is 316 g/mol. The second-order valence-electron chi connectivity index (χ2n) is 9.80. The quantitative estimate of drug-likeness (QED) is 0.666. The SMILES string of the molecule is CC(C)C[C@H](NC(=O)CC(C)(C)C)C(=O)NCC(=O)CCC(C)(C)C. The number of amides is 2. The fourth-order valence-electron chi connectivity index (χ4n) is 2.34. The third-order valence-corrected chi connectivity index (χ3v) is 3.66. The van der Waals surface area contributed by atoms with E-state index in [2.05, 4.69) is 31.4 Å². The Kier molecular flexibility index (Phi) is 9.38. The van der Waals surface area contributed by atoms with Gasteiger partial charge in [0.2, 0.25) is 11.8 Å². The Balaban J connectivity index is 4.59. The molecule has 1 atom stereocenters. The van der Waals surface area contributed by atoms with Gasteiger partial charge in [-0.25, -0.2) is 0 Å². The van der Waals surface area contributed by atoms with Crippen molar-refractivity contribution in [3.05, 3.63) is 0 Å². The van der Waals surface area contributed by atoms with E-state index in [9.17, 15) is 14.4 Å². The number of Topliss-reactive ketones (excluding diaryl/α,β-unsaturated/α-hetero) is 1. The van der Waals surface area contributed by atoms with Crippen LogP contribution in [0.4, 0.5) is 0 Å². The van der Waals surface area contributed by atoms with Crippen molar-refractivity contribution in [2.45, 2.75) is 87.1 Å². The molecule has 0 saturated heterocycles. The Bertz CT molecular complexity index is 457. The van der Waals surface area contributed by atoms with Gasteiger partial charge in [-0.2, -0.15) is 0 Å². The lowest BCUT2D eigenvalue weighted by Gasteiger charge is -2.23.